The van der Waals surface area contributed by atoms with Crippen LogP contribution in [-0.2, 0) is 6.18 Å². The Labute approximate surface area is 96.0 Å². The Kier molecular flexibility index (Phi) is 2.99. The van der Waals surface area contributed by atoms with E-state index in [1.54, 1.807) is 4.90 Å². The molecule has 1 aliphatic heterocycles. The number of hydrogen-bond donors (Lipinski definition) is 1. The van der Waals surface area contributed by atoms with Gasteiger partial charge in [0.1, 0.15) is 5.82 Å². The van der Waals surface area contributed by atoms with E-state index in [2.05, 4.69) is 0 Å². The first kappa shape index (κ1) is 12.2. The number of alkyl halides is 3. The summed E-state index contributed by atoms with van der Waals surface area (Å²) < 4.78 is 50.4. The molecule has 2 nitrogen and oxygen atoms in total. The highest BCUT2D eigenvalue weighted by atomic mass is 19.4. The van der Waals surface area contributed by atoms with E-state index in [4.69, 9.17) is 5.73 Å². The lowest BCUT2D eigenvalue weighted by Gasteiger charge is -2.19. The summed E-state index contributed by atoms with van der Waals surface area (Å²) in [5.41, 5.74) is 4.90. The molecule has 0 radical (unpaired) electrons. The summed E-state index contributed by atoms with van der Waals surface area (Å²) in [5.74, 6) is -1.24. The van der Waals surface area contributed by atoms with Crippen molar-refractivity contribution in [1.29, 1.82) is 0 Å². The van der Waals surface area contributed by atoms with Crippen molar-refractivity contribution in [3.05, 3.63) is 29.6 Å². The molecule has 1 saturated heterocycles. The molecule has 0 saturated carbocycles. The standard InChI is InChI=1S/C11H12F4N2/c12-10-5-8(17-4-3-7(16)6-17)1-2-9(10)11(13,14)15/h1-2,5,7H,3-4,6,16H2. The quantitative estimate of drug-likeness (QED) is 0.773. The fraction of sp³-hybridized carbons (Fsp3) is 0.455. The van der Waals surface area contributed by atoms with Gasteiger partial charge in [0.15, 0.2) is 0 Å². The van der Waals surface area contributed by atoms with Crippen LogP contribution < -0.4 is 10.6 Å². The normalized spacial score (nSPS) is 21.0. The lowest BCUT2D eigenvalue weighted by molar-refractivity contribution is -0.139. The van der Waals surface area contributed by atoms with E-state index >= 15 is 0 Å². The van der Waals surface area contributed by atoms with Crippen molar-refractivity contribution in [2.24, 2.45) is 5.73 Å². The molecular weight excluding hydrogens is 236 g/mol. The van der Waals surface area contributed by atoms with E-state index < -0.39 is 17.6 Å². The summed E-state index contributed by atoms with van der Waals surface area (Å²) >= 11 is 0. The first-order chi connectivity index (χ1) is 7.88. The number of nitrogens with two attached hydrogens (primary N) is 1. The van der Waals surface area contributed by atoms with Crippen LogP contribution in [0, 0.1) is 5.82 Å². The Morgan fingerprint density at radius 3 is 2.47 bits per heavy atom. The molecule has 1 fully saturated rings. The number of hydrogen-bond acceptors (Lipinski definition) is 2. The third kappa shape index (κ3) is 2.52. The number of rotatable bonds is 1. The first-order valence-electron chi connectivity index (χ1n) is 5.25. The molecule has 1 aromatic carbocycles. The smallest absolute Gasteiger partial charge is 0.370 e. The first-order valence-corrected chi connectivity index (χ1v) is 5.25. The van der Waals surface area contributed by atoms with E-state index in [1.165, 1.54) is 6.07 Å². The van der Waals surface area contributed by atoms with Crippen LogP contribution in [0.3, 0.4) is 0 Å². The number of halogens is 4. The molecule has 1 aliphatic rings. The van der Waals surface area contributed by atoms with E-state index in [0.29, 0.717) is 18.8 Å². The third-order valence-electron chi connectivity index (χ3n) is 2.85. The van der Waals surface area contributed by atoms with E-state index in [-0.39, 0.29) is 6.04 Å². The molecule has 94 valence electrons. The molecule has 17 heavy (non-hydrogen) atoms. The predicted molar refractivity (Wildman–Crippen MR) is 56.2 cm³/mol. The van der Waals surface area contributed by atoms with Crippen molar-refractivity contribution >= 4 is 5.69 Å². The number of anilines is 1. The molecule has 2 N–H and O–H groups in total. The molecule has 1 unspecified atom stereocenters. The van der Waals surface area contributed by atoms with Gasteiger partial charge in [-0.05, 0) is 24.6 Å². The molecule has 0 aromatic heterocycles. The van der Waals surface area contributed by atoms with Gasteiger partial charge < -0.3 is 10.6 Å². The van der Waals surface area contributed by atoms with Crippen LogP contribution in [0.25, 0.3) is 0 Å². The molecule has 1 atom stereocenters. The Morgan fingerprint density at radius 1 is 1.29 bits per heavy atom. The van der Waals surface area contributed by atoms with Gasteiger partial charge in [0, 0.05) is 24.8 Å². The molecule has 0 aliphatic carbocycles. The zero-order chi connectivity index (χ0) is 12.6. The van der Waals surface area contributed by atoms with Crippen LogP contribution in [0.1, 0.15) is 12.0 Å². The minimum absolute atomic E-state index is 0.000328. The minimum Gasteiger partial charge on any atom is -0.370 e. The highest BCUT2D eigenvalue weighted by Crippen LogP contribution is 2.33. The third-order valence-corrected chi connectivity index (χ3v) is 2.85. The molecule has 1 heterocycles. The van der Waals surface area contributed by atoms with Gasteiger partial charge in [-0.15, -0.1) is 0 Å². The maximum absolute atomic E-state index is 13.3. The van der Waals surface area contributed by atoms with Crippen molar-refractivity contribution in [1.82, 2.24) is 0 Å². The van der Waals surface area contributed by atoms with Crippen LogP contribution in [-0.4, -0.2) is 19.1 Å². The van der Waals surface area contributed by atoms with Gasteiger partial charge in [0.05, 0.1) is 5.56 Å². The van der Waals surface area contributed by atoms with Crippen molar-refractivity contribution in [2.75, 3.05) is 18.0 Å². The molecular formula is C11H12F4N2. The Bertz CT molecular complexity index is 416. The summed E-state index contributed by atoms with van der Waals surface area (Å²) in [4.78, 5) is 1.79. The van der Waals surface area contributed by atoms with Crippen LogP contribution >= 0.6 is 0 Å². The molecule has 0 amide bonds. The SMILES string of the molecule is NC1CCN(c2ccc(C(F)(F)F)c(F)c2)C1. The Morgan fingerprint density at radius 2 is 2.00 bits per heavy atom. The van der Waals surface area contributed by atoms with Crippen LogP contribution in [0.4, 0.5) is 23.2 Å². The largest absolute Gasteiger partial charge is 0.419 e. The van der Waals surface area contributed by atoms with Crippen molar-refractivity contribution < 1.29 is 17.6 Å². The van der Waals surface area contributed by atoms with E-state index in [0.717, 1.165) is 18.6 Å². The number of benzene rings is 1. The van der Waals surface area contributed by atoms with Crippen molar-refractivity contribution in [3.63, 3.8) is 0 Å². The fourth-order valence-corrected chi connectivity index (χ4v) is 1.95. The zero-order valence-corrected chi connectivity index (χ0v) is 8.97. The summed E-state index contributed by atoms with van der Waals surface area (Å²) in [6, 6.07) is 2.97. The molecule has 1 aromatic rings. The summed E-state index contributed by atoms with van der Waals surface area (Å²) in [7, 11) is 0. The van der Waals surface area contributed by atoms with E-state index in [9.17, 15) is 17.6 Å². The molecule has 6 heteroatoms. The second-order valence-corrected chi connectivity index (χ2v) is 4.16. The van der Waals surface area contributed by atoms with Gasteiger partial charge >= 0.3 is 6.18 Å². The monoisotopic (exact) mass is 248 g/mol. The lowest BCUT2D eigenvalue weighted by atomic mass is 10.1. The highest BCUT2D eigenvalue weighted by Gasteiger charge is 2.34. The van der Waals surface area contributed by atoms with Gasteiger partial charge in [-0.3, -0.25) is 0 Å². The van der Waals surface area contributed by atoms with Gasteiger partial charge in [-0.1, -0.05) is 0 Å². The lowest BCUT2D eigenvalue weighted by Crippen LogP contribution is -2.26. The van der Waals surface area contributed by atoms with Crippen molar-refractivity contribution in [3.8, 4) is 0 Å². The topological polar surface area (TPSA) is 29.3 Å². The Hall–Kier alpha value is -1.30. The summed E-state index contributed by atoms with van der Waals surface area (Å²) in [6.45, 7) is 1.19. The van der Waals surface area contributed by atoms with E-state index in [1.807, 2.05) is 0 Å². The zero-order valence-electron chi connectivity index (χ0n) is 8.97. The second kappa shape index (κ2) is 4.18. The van der Waals surface area contributed by atoms with Crippen LogP contribution in [0.15, 0.2) is 18.2 Å². The van der Waals surface area contributed by atoms with Gasteiger partial charge in [0.2, 0.25) is 0 Å². The second-order valence-electron chi connectivity index (χ2n) is 4.16. The summed E-state index contributed by atoms with van der Waals surface area (Å²) in [5, 5.41) is 0. The summed E-state index contributed by atoms with van der Waals surface area (Å²) in [6.07, 6.45) is -3.88. The maximum atomic E-state index is 13.3. The average molecular weight is 248 g/mol. The van der Waals surface area contributed by atoms with Crippen LogP contribution in [0.2, 0.25) is 0 Å². The van der Waals surface area contributed by atoms with Crippen molar-refractivity contribution in [2.45, 2.75) is 18.6 Å². The van der Waals surface area contributed by atoms with Gasteiger partial charge in [-0.2, -0.15) is 13.2 Å². The minimum atomic E-state index is -4.65. The molecule has 2 rings (SSSR count). The van der Waals surface area contributed by atoms with Crippen LogP contribution in [0.5, 0.6) is 0 Å². The maximum Gasteiger partial charge on any atom is 0.419 e. The number of nitrogens with zero attached hydrogens (tertiary/aromatic N) is 1. The Balaban J connectivity index is 2.25. The highest BCUT2D eigenvalue weighted by molar-refractivity contribution is 5.49. The fourth-order valence-electron chi connectivity index (χ4n) is 1.95. The molecule has 0 spiro atoms. The average Bonchev–Trinajstić information content (AvgIpc) is 2.62. The molecule has 0 bridgehead atoms. The van der Waals surface area contributed by atoms with Gasteiger partial charge in [-0.25, -0.2) is 4.39 Å². The van der Waals surface area contributed by atoms with Gasteiger partial charge in [0.25, 0.3) is 0 Å². The predicted octanol–water partition coefficient (Wildman–Crippen LogP) is 2.38.